The summed E-state index contributed by atoms with van der Waals surface area (Å²) in [6.07, 6.45) is 8.82. The van der Waals surface area contributed by atoms with Crippen molar-refractivity contribution >= 4 is 46.2 Å². The van der Waals surface area contributed by atoms with Gasteiger partial charge >= 0.3 is 0 Å². The second-order valence-corrected chi connectivity index (χ2v) is 20.6. The normalized spacial score (nSPS) is 21.1. The molecule has 0 radical (unpaired) electrons. The first-order valence-electron chi connectivity index (χ1n) is 22.4. The van der Waals surface area contributed by atoms with E-state index < -0.39 is 0 Å². The lowest BCUT2D eigenvalue weighted by Gasteiger charge is -2.63. The zero-order chi connectivity index (χ0) is 46.1. The number of hydrogen-bond acceptors (Lipinski definition) is 14. The number of carbonyl (C=O) groups excluding carboxylic acids is 1. The van der Waals surface area contributed by atoms with Crippen LogP contribution in [-0.4, -0.2) is 91.9 Å². The molecule has 1 aliphatic carbocycles. The summed E-state index contributed by atoms with van der Waals surface area (Å²) in [4.78, 5) is 38.2. The van der Waals surface area contributed by atoms with E-state index in [4.69, 9.17) is 30.5 Å². The summed E-state index contributed by atoms with van der Waals surface area (Å²) in [5.41, 5.74) is 5.51. The van der Waals surface area contributed by atoms with Crippen molar-refractivity contribution in [1.82, 2.24) is 35.0 Å². The summed E-state index contributed by atoms with van der Waals surface area (Å²) >= 11 is 8.01. The monoisotopic (exact) mass is 925 g/mol. The van der Waals surface area contributed by atoms with Crippen LogP contribution in [0.4, 0.5) is 11.6 Å². The SMILES string of the molecule is Cc1sc2c(c1C)C(c1ccc(N3CC(OC4CCN(c5ncc(C(=O)NC6C(C)(C)C(Oc7ccc(C#N)c(Cl)c7)C6(C)C)cn5)CC4)C3)cc1)=N[C@@H](Cc1ncco1)c1nnc(C)n1-2. The van der Waals surface area contributed by atoms with Gasteiger partial charge in [-0.25, -0.2) is 15.0 Å². The average Bonchev–Trinajstić information content (AvgIpc) is 4.01. The molecule has 6 aromatic rings. The van der Waals surface area contributed by atoms with Crippen LogP contribution in [0.2, 0.25) is 5.02 Å². The lowest BCUT2D eigenvalue weighted by molar-refractivity contribution is -0.164. The van der Waals surface area contributed by atoms with Gasteiger partial charge < -0.3 is 29.0 Å². The van der Waals surface area contributed by atoms with Gasteiger partial charge in [0.05, 0.1) is 46.7 Å². The fourth-order valence-corrected chi connectivity index (χ4v) is 11.9. The molecule has 0 spiro atoms. The molecule has 1 saturated carbocycles. The van der Waals surface area contributed by atoms with E-state index in [-0.39, 0.29) is 47.1 Å². The van der Waals surface area contributed by atoms with Gasteiger partial charge in [0.15, 0.2) is 11.7 Å². The van der Waals surface area contributed by atoms with E-state index in [0.29, 0.717) is 40.2 Å². The quantitative estimate of drug-likeness (QED) is 0.132. The van der Waals surface area contributed by atoms with Crippen molar-refractivity contribution in [2.75, 3.05) is 36.0 Å². The number of ether oxygens (including phenoxy) is 2. The molecule has 1 N–H and O–H groups in total. The van der Waals surface area contributed by atoms with E-state index in [9.17, 15) is 10.1 Å². The average molecular weight is 927 g/mol. The molecule has 3 fully saturated rings. The Hall–Kier alpha value is -6.15. The number of rotatable bonds is 11. The fourth-order valence-electron chi connectivity index (χ4n) is 10.5. The molecule has 340 valence electrons. The number of fused-ring (bicyclic) bond motifs is 3. The van der Waals surface area contributed by atoms with Crippen LogP contribution >= 0.6 is 22.9 Å². The number of benzene rings is 2. The molecular weight excluding hydrogens is 874 g/mol. The lowest BCUT2D eigenvalue weighted by atomic mass is 9.49. The maximum absolute atomic E-state index is 13.5. The number of halogens is 1. The molecule has 17 heteroatoms. The molecule has 1 amide bonds. The zero-order valence-electron chi connectivity index (χ0n) is 38.1. The molecule has 4 aromatic heterocycles. The number of hydrogen-bond donors (Lipinski definition) is 1. The summed E-state index contributed by atoms with van der Waals surface area (Å²) in [5.74, 6) is 3.20. The third kappa shape index (κ3) is 7.80. The predicted octanol–water partition coefficient (Wildman–Crippen LogP) is 8.18. The van der Waals surface area contributed by atoms with Crippen molar-refractivity contribution in [1.29, 1.82) is 5.26 Å². The number of aliphatic imine (C=N–C) groups is 1. The summed E-state index contributed by atoms with van der Waals surface area (Å²) in [7, 11) is 0. The number of thiophene rings is 1. The van der Waals surface area contributed by atoms with Crippen LogP contribution in [0.25, 0.3) is 5.00 Å². The Morgan fingerprint density at radius 1 is 0.970 bits per heavy atom. The molecule has 10 rings (SSSR count). The zero-order valence-corrected chi connectivity index (χ0v) is 39.7. The topological polar surface area (TPSA) is 173 Å². The standard InChI is InChI=1S/C49H52ClN11O4S/c1-27-28(2)66-44-40(27)41(55-38(21-39-52-16-19-63-39)42-58-57-29(3)61(42)44)30-8-11-33(12-9-30)60-25-36(26-60)64-34-14-17-59(18-15-34)47-53-23-32(24-54-47)43(62)56-45-48(4,5)46(49(45,6)7)65-35-13-10-31(22-51)37(50)20-35/h8-13,16,19-20,23-24,34,36,38,45-46H,14-15,17-18,21,25-26H2,1-7H3,(H,56,62)/t38-,45?,46?/m0/s1. The Morgan fingerprint density at radius 3 is 2.36 bits per heavy atom. The summed E-state index contributed by atoms with van der Waals surface area (Å²) in [6.45, 7) is 17.8. The highest BCUT2D eigenvalue weighted by molar-refractivity contribution is 7.15. The van der Waals surface area contributed by atoms with Crippen molar-refractivity contribution in [2.45, 2.75) is 98.1 Å². The molecule has 2 aromatic carbocycles. The number of carbonyl (C=O) groups is 1. The number of amides is 1. The number of nitriles is 1. The minimum absolute atomic E-state index is 0.161. The van der Waals surface area contributed by atoms with Crippen LogP contribution in [0.1, 0.15) is 102 Å². The number of aromatic nitrogens is 6. The molecule has 66 heavy (non-hydrogen) atoms. The van der Waals surface area contributed by atoms with Gasteiger partial charge in [-0.3, -0.25) is 14.4 Å². The Kier molecular flexibility index (Phi) is 11.2. The van der Waals surface area contributed by atoms with E-state index in [1.54, 1.807) is 54.4 Å². The molecule has 2 saturated heterocycles. The van der Waals surface area contributed by atoms with Crippen molar-refractivity contribution in [3.8, 4) is 16.8 Å². The largest absolute Gasteiger partial charge is 0.489 e. The van der Waals surface area contributed by atoms with Crippen LogP contribution in [0.15, 0.2) is 76.7 Å². The van der Waals surface area contributed by atoms with Crippen LogP contribution in [0, 0.1) is 42.9 Å². The van der Waals surface area contributed by atoms with E-state index in [1.165, 1.54) is 10.4 Å². The van der Waals surface area contributed by atoms with E-state index in [1.807, 2.05) is 6.92 Å². The molecule has 4 aliphatic rings. The van der Waals surface area contributed by atoms with E-state index >= 15 is 0 Å². The first kappa shape index (κ1) is 43.7. The molecule has 1 atom stereocenters. The van der Waals surface area contributed by atoms with E-state index in [2.05, 4.69) is 117 Å². The third-order valence-electron chi connectivity index (χ3n) is 13.9. The Balaban J connectivity index is 0.717. The minimum Gasteiger partial charge on any atom is -0.489 e. The number of nitrogens with one attached hydrogen (secondary N) is 1. The second-order valence-electron chi connectivity index (χ2n) is 19.0. The van der Waals surface area contributed by atoms with Crippen LogP contribution < -0.4 is 19.9 Å². The van der Waals surface area contributed by atoms with Crippen LogP contribution in [0.5, 0.6) is 5.75 Å². The van der Waals surface area contributed by atoms with Gasteiger partial charge in [0, 0.05) is 83.2 Å². The second kappa shape index (κ2) is 16.9. The van der Waals surface area contributed by atoms with Crippen molar-refractivity contribution in [2.24, 2.45) is 15.8 Å². The Labute approximate surface area is 392 Å². The third-order valence-corrected chi connectivity index (χ3v) is 15.4. The molecule has 7 heterocycles. The first-order valence-corrected chi connectivity index (χ1v) is 23.6. The van der Waals surface area contributed by atoms with E-state index in [0.717, 1.165) is 78.2 Å². The number of piperidine rings is 1. The molecule has 0 bridgehead atoms. The number of anilines is 2. The number of aryl methyl sites for hydroxylation is 2. The van der Waals surface area contributed by atoms with Crippen molar-refractivity contribution < 1.29 is 18.7 Å². The highest BCUT2D eigenvalue weighted by Crippen LogP contribution is 2.55. The number of nitrogens with zero attached hydrogens (tertiary/aromatic N) is 10. The summed E-state index contributed by atoms with van der Waals surface area (Å²) in [5, 5.41) is 23.0. The maximum atomic E-state index is 13.5. The predicted molar refractivity (Wildman–Crippen MR) is 252 cm³/mol. The Bertz CT molecular complexity index is 2840. The van der Waals surface area contributed by atoms with Gasteiger partial charge in [-0.15, -0.1) is 21.5 Å². The smallest absolute Gasteiger partial charge is 0.254 e. The minimum atomic E-state index is -0.384. The molecule has 15 nitrogen and oxygen atoms in total. The van der Waals surface area contributed by atoms with Gasteiger partial charge in [0.25, 0.3) is 5.91 Å². The van der Waals surface area contributed by atoms with Gasteiger partial charge in [0.2, 0.25) is 5.95 Å². The van der Waals surface area contributed by atoms with Gasteiger partial charge in [-0.2, -0.15) is 5.26 Å². The molecule has 3 aliphatic heterocycles. The lowest BCUT2D eigenvalue weighted by Crippen LogP contribution is -2.74. The summed E-state index contributed by atoms with van der Waals surface area (Å²) in [6, 6.07) is 15.4. The van der Waals surface area contributed by atoms with Crippen molar-refractivity contribution in [3.63, 3.8) is 0 Å². The molecule has 0 unspecified atom stereocenters. The first-order chi connectivity index (χ1) is 31.7. The maximum Gasteiger partial charge on any atom is 0.254 e. The van der Waals surface area contributed by atoms with Gasteiger partial charge in [-0.05, 0) is 63.4 Å². The molecular formula is C49H52ClN11O4S. The van der Waals surface area contributed by atoms with Gasteiger partial charge in [0.1, 0.15) is 41.1 Å². The van der Waals surface area contributed by atoms with Crippen LogP contribution in [-0.2, 0) is 11.2 Å². The van der Waals surface area contributed by atoms with Crippen molar-refractivity contribution in [3.05, 3.63) is 123 Å². The van der Waals surface area contributed by atoms with Gasteiger partial charge in [-0.1, -0.05) is 51.4 Å². The fraction of sp³-hybridized carbons (Fsp3) is 0.429. The summed E-state index contributed by atoms with van der Waals surface area (Å²) < 4.78 is 20.8. The number of oxazole rings is 1. The highest BCUT2D eigenvalue weighted by atomic mass is 35.5. The highest BCUT2D eigenvalue weighted by Gasteiger charge is 2.64. The van der Waals surface area contributed by atoms with Crippen LogP contribution in [0.3, 0.4) is 0 Å². The Morgan fingerprint density at radius 2 is 1.70 bits per heavy atom.